The number of aliphatic hydroxyl groups is 1. The van der Waals surface area contributed by atoms with Gasteiger partial charge in [-0.2, -0.15) is 5.26 Å². The van der Waals surface area contributed by atoms with Gasteiger partial charge in [-0.15, -0.1) is 0 Å². The van der Waals surface area contributed by atoms with E-state index in [0.29, 0.717) is 12.8 Å². The van der Waals surface area contributed by atoms with Gasteiger partial charge >= 0.3 is 5.97 Å². The number of hydrogen-bond acceptors (Lipinski definition) is 3. The van der Waals surface area contributed by atoms with Crippen LogP contribution in [0.5, 0.6) is 0 Å². The molecular formula is C11H17NO3. The van der Waals surface area contributed by atoms with Crippen LogP contribution >= 0.6 is 0 Å². The average molecular weight is 211 g/mol. The predicted molar refractivity (Wildman–Crippen MR) is 54.0 cm³/mol. The molecule has 0 spiro atoms. The molecule has 0 bridgehead atoms. The van der Waals surface area contributed by atoms with Crippen molar-refractivity contribution < 1.29 is 15.0 Å². The maximum atomic E-state index is 11.1. The first-order valence-electron chi connectivity index (χ1n) is 5.39. The van der Waals surface area contributed by atoms with E-state index in [4.69, 9.17) is 5.11 Å². The molecule has 4 heteroatoms. The molecule has 15 heavy (non-hydrogen) atoms. The summed E-state index contributed by atoms with van der Waals surface area (Å²) in [6, 6.07) is 2.06. The van der Waals surface area contributed by atoms with Crippen LogP contribution in [0.15, 0.2) is 0 Å². The molecule has 0 aromatic carbocycles. The molecule has 2 N–H and O–H groups in total. The number of hydrogen-bond donors (Lipinski definition) is 2. The fourth-order valence-electron chi connectivity index (χ4n) is 2.47. The van der Waals surface area contributed by atoms with Gasteiger partial charge in [0.05, 0.1) is 11.5 Å². The number of nitrogens with zero attached hydrogens (tertiary/aromatic N) is 1. The zero-order valence-electron chi connectivity index (χ0n) is 8.99. The van der Waals surface area contributed by atoms with Gasteiger partial charge in [0.2, 0.25) is 0 Å². The fraction of sp³-hybridized carbons (Fsp3) is 0.818. The molecule has 0 aromatic rings. The molecule has 0 aliphatic heterocycles. The Bertz CT molecular complexity index is 289. The lowest BCUT2D eigenvalue weighted by Gasteiger charge is -2.41. The first kappa shape index (κ1) is 12.0. The van der Waals surface area contributed by atoms with Gasteiger partial charge in [-0.1, -0.05) is 26.2 Å². The van der Waals surface area contributed by atoms with Crippen LogP contribution in [-0.2, 0) is 4.79 Å². The molecule has 0 heterocycles. The van der Waals surface area contributed by atoms with E-state index in [0.717, 1.165) is 19.3 Å². The number of carboxylic acid groups (broad SMARTS) is 1. The second-order valence-corrected chi connectivity index (χ2v) is 4.27. The molecule has 4 nitrogen and oxygen atoms in total. The van der Waals surface area contributed by atoms with Crippen molar-refractivity contribution in [3.05, 3.63) is 0 Å². The zero-order valence-corrected chi connectivity index (χ0v) is 8.99. The molecule has 1 aliphatic carbocycles. The van der Waals surface area contributed by atoms with Crippen LogP contribution in [-0.4, -0.2) is 21.8 Å². The van der Waals surface area contributed by atoms with Gasteiger partial charge in [0.1, 0.15) is 0 Å². The highest BCUT2D eigenvalue weighted by Gasteiger charge is 2.55. The molecule has 0 saturated heterocycles. The van der Waals surface area contributed by atoms with Crippen molar-refractivity contribution in [2.24, 2.45) is 5.41 Å². The Labute approximate surface area is 89.5 Å². The first-order chi connectivity index (χ1) is 7.02. The monoisotopic (exact) mass is 211 g/mol. The highest BCUT2D eigenvalue weighted by molar-refractivity contribution is 5.79. The number of rotatable bonds is 3. The number of carbonyl (C=O) groups is 1. The number of carboxylic acids is 1. The normalized spacial score (nSPS) is 23.8. The summed E-state index contributed by atoms with van der Waals surface area (Å²) in [5.41, 5.74) is -2.98. The molecule has 1 saturated carbocycles. The minimum atomic E-state index is -1.89. The highest BCUT2D eigenvalue weighted by atomic mass is 16.4. The fourth-order valence-corrected chi connectivity index (χ4v) is 2.47. The van der Waals surface area contributed by atoms with Crippen molar-refractivity contribution in [2.45, 2.75) is 51.0 Å². The Morgan fingerprint density at radius 3 is 2.33 bits per heavy atom. The Hall–Kier alpha value is -1.08. The quantitative estimate of drug-likeness (QED) is 0.744. The summed E-state index contributed by atoms with van der Waals surface area (Å²) in [6.45, 7) is 1.61. The molecule has 1 atom stereocenters. The largest absolute Gasteiger partial charge is 0.479 e. The van der Waals surface area contributed by atoms with Crippen LogP contribution in [0.25, 0.3) is 0 Å². The molecule has 0 aromatic heterocycles. The third kappa shape index (κ3) is 1.72. The summed E-state index contributed by atoms with van der Waals surface area (Å²) in [5, 5.41) is 28.4. The van der Waals surface area contributed by atoms with Crippen LogP contribution in [0.2, 0.25) is 0 Å². The highest BCUT2D eigenvalue weighted by Crippen LogP contribution is 2.46. The summed E-state index contributed by atoms with van der Waals surface area (Å²) < 4.78 is 0. The lowest BCUT2D eigenvalue weighted by molar-refractivity contribution is -0.174. The molecular weight excluding hydrogens is 194 g/mol. The van der Waals surface area contributed by atoms with Gasteiger partial charge in [-0.25, -0.2) is 4.79 Å². The number of aliphatic carboxylic acids is 1. The first-order valence-corrected chi connectivity index (χ1v) is 5.39. The van der Waals surface area contributed by atoms with Crippen molar-refractivity contribution in [1.29, 1.82) is 5.26 Å². The van der Waals surface area contributed by atoms with Crippen molar-refractivity contribution >= 4 is 5.97 Å². The second-order valence-electron chi connectivity index (χ2n) is 4.27. The van der Waals surface area contributed by atoms with Crippen molar-refractivity contribution in [1.82, 2.24) is 0 Å². The summed E-state index contributed by atoms with van der Waals surface area (Å²) in [6.07, 6.45) is 3.71. The standard InChI is InChI=1S/C11H17NO3/c1-2-11(15,9(13)14)10(8-12)6-4-3-5-7-10/h15H,2-7H2,1H3,(H,13,14). The topological polar surface area (TPSA) is 81.3 Å². The van der Waals surface area contributed by atoms with Gasteiger partial charge in [-0.05, 0) is 19.3 Å². The van der Waals surface area contributed by atoms with Gasteiger partial charge in [0.25, 0.3) is 0 Å². The van der Waals surface area contributed by atoms with E-state index in [1.807, 2.05) is 0 Å². The van der Waals surface area contributed by atoms with Crippen molar-refractivity contribution in [2.75, 3.05) is 0 Å². The average Bonchev–Trinajstić information content (AvgIpc) is 2.28. The van der Waals surface area contributed by atoms with Crippen LogP contribution in [0.3, 0.4) is 0 Å². The Balaban J connectivity index is 3.08. The molecule has 0 radical (unpaired) electrons. The molecule has 1 rings (SSSR count). The number of nitriles is 1. The van der Waals surface area contributed by atoms with Gasteiger partial charge in [0, 0.05) is 0 Å². The maximum Gasteiger partial charge on any atom is 0.337 e. The minimum Gasteiger partial charge on any atom is -0.479 e. The van der Waals surface area contributed by atoms with Gasteiger partial charge in [-0.3, -0.25) is 0 Å². The summed E-state index contributed by atoms with van der Waals surface area (Å²) in [7, 11) is 0. The summed E-state index contributed by atoms with van der Waals surface area (Å²) >= 11 is 0. The second kappa shape index (κ2) is 4.19. The lowest BCUT2D eigenvalue weighted by Crippen LogP contribution is -2.54. The van der Waals surface area contributed by atoms with Crippen molar-refractivity contribution in [3.63, 3.8) is 0 Å². The molecule has 0 amide bonds. The van der Waals surface area contributed by atoms with Gasteiger partial charge in [0.15, 0.2) is 5.60 Å². The zero-order chi connectivity index (χ0) is 11.5. The van der Waals surface area contributed by atoms with Gasteiger partial charge < -0.3 is 10.2 Å². The third-order valence-corrected chi connectivity index (χ3v) is 3.58. The van der Waals surface area contributed by atoms with Crippen molar-refractivity contribution in [3.8, 4) is 6.07 Å². The summed E-state index contributed by atoms with van der Waals surface area (Å²) in [4.78, 5) is 11.1. The Kier molecular flexibility index (Phi) is 3.35. The van der Waals surface area contributed by atoms with Crippen LogP contribution in [0.1, 0.15) is 45.4 Å². The van der Waals surface area contributed by atoms with Crippen LogP contribution in [0, 0.1) is 16.7 Å². The molecule has 84 valence electrons. The lowest BCUT2D eigenvalue weighted by atomic mass is 9.63. The maximum absolute atomic E-state index is 11.1. The Morgan fingerprint density at radius 1 is 1.47 bits per heavy atom. The molecule has 1 aliphatic rings. The van der Waals surface area contributed by atoms with E-state index in [-0.39, 0.29) is 6.42 Å². The van der Waals surface area contributed by atoms with Crippen LogP contribution < -0.4 is 0 Å². The predicted octanol–water partition coefficient (Wildman–Crippen LogP) is 1.69. The smallest absolute Gasteiger partial charge is 0.337 e. The SMILES string of the molecule is CCC(O)(C(=O)O)C1(C#N)CCCCC1. The van der Waals surface area contributed by atoms with E-state index in [2.05, 4.69) is 6.07 Å². The summed E-state index contributed by atoms with van der Waals surface area (Å²) in [5.74, 6) is -1.27. The molecule has 1 unspecified atom stereocenters. The van der Waals surface area contributed by atoms with E-state index in [1.54, 1.807) is 6.92 Å². The van der Waals surface area contributed by atoms with E-state index >= 15 is 0 Å². The minimum absolute atomic E-state index is 0.0793. The van der Waals surface area contributed by atoms with Crippen LogP contribution in [0.4, 0.5) is 0 Å². The van der Waals surface area contributed by atoms with E-state index in [9.17, 15) is 15.2 Å². The Morgan fingerprint density at radius 2 is 2.00 bits per heavy atom. The van der Waals surface area contributed by atoms with E-state index < -0.39 is 17.0 Å². The van der Waals surface area contributed by atoms with E-state index in [1.165, 1.54) is 0 Å². The third-order valence-electron chi connectivity index (χ3n) is 3.58. The molecule has 1 fully saturated rings.